The zero-order chi connectivity index (χ0) is 15.9. The SMILES string of the molecule is COCc1cccc(NC(=O)C(NC(C)=O)C2CCCC2)c1. The lowest BCUT2D eigenvalue weighted by atomic mass is 9.97. The van der Waals surface area contributed by atoms with E-state index in [-0.39, 0.29) is 17.7 Å². The van der Waals surface area contributed by atoms with Crippen molar-refractivity contribution in [3.63, 3.8) is 0 Å². The number of amides is 2. The van der Waals surface area contributed by atoms with Gasteiger partial charge >= 0.3 is 0 Å². The van der Waals surface area contributed by atoms with E-state index >= 15 is 0 Å². The summed E-state index contributed by atoms with van der Waals surface area (Å²) in [5.74, 6) is -0.0806. The van der Waals surface area contributed by atoms with Crippen LogP contribution >= 0.6 is 0 Å². The Morgan fingerprint density at radius 2 is 2.05 bits per heavy atom. The lowest BCUT2D eigenvalue weighted by Gasteiger charge is -2.23. The molecular formula is C17H24N2O3. The molecular weight excluding hydrogens is 280 g/mol. The zero-order valence-corrected chi connectivity index (χ0v) is 13.2. The van der Waals surface area contributed by atoms with Crippen molar-refractivity contribution >= 4 is 17.5 Å². The minimum atomic E-state index is -0.453. The largest absolute Gasteiger partial charge is 0.380 e. The second kappa shape index (κ2) is 7.94. The van der Waals surface area contributed by atoms with Crippen LogP contribution in [0, 0.1) is 5.92 Å². The summed E-state index contributed by atoms with van der Waals surface area (Å²) in [5, 5.41) is 5.72. The minimum Gasteiger partial charge on any atom is -0.380 e. The Bertz CT molecular complexity index is 524. The Labute approximate surface area is 131 Å². The zero-order valence-electron chi connectivity index (χ0n) is 13.2. The van der Waals surface area contributed by atoms with Crippen LogP contribution in [-0.4, -0.2) is 25.0 Å². The molecule has 0 spiro atoms. The molecule has 0 radical (unpaired) electrons. The molecule has 2 amide bonds. The fraction of sp³-hybridized carbons (Fsp3) is 0.529. The van der Waals surface area contributed by atoms with E-state index in [1.54, 1.807) is 7.11 Å². The molecule has 2 rings (SSSR count). The molecule has 22 heavy (non-hydrogen) atoms. The summed E-state index contributed by atoms with van der Waals surface area (Å²) >= 11 is 0. The average molecular weight is 304 g/mol. The third kappa shape index (κ3) is 4.56. The van der Waals surface area contributed by atoms with Crippen molar-refractivity contribution in [3.8, 4) is 0 Å². The number of nitrogens with one attached hydrogen (secondary N) is 2. The number of benzene rings is 1. The second-order valence-corrected chi connectivity index (χ2v) is 5.85. The lowest BCUT2D eigenvalue weighted by molar-refractivity contribution is -0.126. The van der Waals surface area contributed by atoms with Crippen molar-refractivity contribution in [3.05, 3.63) is 29.8 Å². The summed E-state index contributed by atoms with van der Waals surface area (Å²) in [6.45, 7) is 1.95. The molecule has 1 aromatic rings. The Balaban J connectivity index is 2.06. The molecule has 120 valence electrons. The summed E-state index contributed by atoms with van der Waals surface area (Å²) < 4.78 is 5.10. The molecule has 1 saturated carbocycles. The second-order valence-electron chi connectivity index (χ2n) is 5.85. The van der Waals surface area contributed by atoms with E-state index in [4.69, 9.17) is 4.74 Å². The number of methoxy groups -OCH3 is 1. The van der Waals surface area contributed by atoms with Crippen LogP contribution in [-0.2, 0) is 20.9 Å². The highest BCUT2D eigenvalue weighted by atomic mass is 16.5. The molecule has 1 unspecified atom stereocenters. The van der Waals surface area contributed by atoms with Crippen LogP contribution in [0.15, 0.2) is 24.3 Å². The highest BCUT2D eigenvalue weighted by molar-refractivity contribution is 5.97. The van der Waals surface area contributed by atoms with Crippen molar-refractivity contribution in [2.45, 2.75) is 45.3 Å². The van der Waals surface area contributed by atoms with E-state index in [2.05, 4.69) is 10.6 Å². The van der Waals surface area contributed by atoms with Crippen molar-refractivity contribution in [2.75, 3.05) is 12.4 Å². The van der Waals surface area contributed by atoms with Crippen molar-refractivity contribution in [1.82, 2.24) is 5.32 Å². The van der Waals surface area contributed by atoms with E-state index < -0.39 is 6.04 Å². The van der Waals surface area contributed by atoms with Crippen molar-refractivity contribution in [2.24, 2.45) is 5.92 Å². The molecule has 1 fully saturated rings. The van der Waals surface area contributed by atoms with Gasteiger partial charge in [-0.3, -0.25) is 9.59 Å². The lowest BCUT2D eigenvalue weighted by Crippen LogP contribution is -2.47. The maximum absolute atomic E-state index is 12.5. The third-order valence-corrected chi connectivity index (χ3v) is 4.02. The van der Waals surface area contributed by atoms with E-state index in [1.807, 2.05) is 24.3 Å². The Morgan fingerprint density at radius 1 is 1.32 bits per heavy atom. The summed E-state index contributed by atoms with van der Waals surface area (Å²) in [7, 11) is 1.64. The monoisotopic (exact) mass is 304 g/mol. The molecule has 2 N–H and O–H groups in total. The van der Waals surface area contributed by atoms with Gasteiger partial charge in [0.2, 0.25) is 11.8 Å². The first kappa shape index (κ1) is 16.5. The molecule has 5 nitrogen and oxygen atoms in total. The minimum absolute atomic E-state index is 0.142. The van der Waals surface area contributed by atoms with Gasteiger partial charge in [-0.1, -0.05) is 25.0 Å². The third-order valence-electron chi connectivity index (χ3n) is 4.02. The first-order chi connectivity index (χ1) is 10.6. The molecule has 1 atom stereocenters. The normalized spacial score (nSPS) is 16.3. The number of ether oxygens (including phenoxy) is 1. The molecule has 0 aromatic heterocycles. The molecule has 5 heteroatoms. The van der Waals surface area contributed by atoms with Gasteiger partial charge < -0.3 is 15.4 Å². The molecule has 0 bridgehead atoms. The Morgan fingerprint density at radius 3 is 2.68 bits per heavy atom. The van der Waals surface area contributed by atoms with Gasteiger partial charge in [0.1, 0.15) is 6.04 Å². The quantitative estimate of drug-likeness (QED) is 0.848. The molecule has 0 aliphatic heterocycles. The maximum Gasteiger partial charge on any atom is 0.247 e. The number of hydrogen-bond donors (Lipinski definition) is 2. The standard InChI is InChI=1S/C17H24N2O3/c1-12(20)18-16(14-7-3-4-8-14)17(21)19-15-9-5-6-13(10-15)11-22-2/h5-6,9-10,14,16H,3-4,7-8,11H2,1-2H3,(H,18,20)(H,19,21). The highest BCUT2D eigenvalue weighted by Crippen LogP contribution is 2.28. The van der Waals surface area contributed by atoms with Crippen LogP contribution in [0.2, 0.25) is 0 Å². The molecule has 0 heterocycles. The van der Waals surface area contributed by atoms with E-state index in [9.17, 15) is 9.59 Å². The van der Waals surface area contributed by atoms with Crippen molar-refractivity contribution < 1.29 is 14.3 Å². The Kier molecular flexibility index (Phi) is 5.95. The van der Waals surface area contributed by atoms with Gasteiger partial charge in [0, 0.05) is 19.7 Å². The summed E-state index contributed by atoms with van der Waals surface area (Å²) in [6, 6.07) is 7.11. The van der Waals surface area contributed by atoms with E-state index in [0.29, 0.717) is 6.61 Å². The van der Waals surface area contributed by atoms with Crippen LogP contribution in [0.5, 0.6) is 0 Å². The maximum atomic E-state index is 12.5. The fourth-order valence-electron chi connectivity index (χ4n) is 3.03. The van der Waals surface area contributed by atoms with Crippen molar-refractivity contribution in [1.29, 1.82) is 0 Å². The van der Waals surface area contributed by atoms with Gasteiger partial charge in [-0.05, 0) is 36.5 Å². The van der Waals surface area contributed by atoms with Gasteiger partial charge in [-0.15, -0.1) is 0 Å². The van der Waals surface area contributed by atoms with Gasteiger partial charge in [0.25, 0.3) is 0 Å². The van der Waals surface area contributed by atoms with Gasteiger partial charge in [0.15, 0.2) is 0 Å². The first-order valence-corrected chi connectivity index (χ1v) is 7.76. The molecule has 1 aliphatic rings. The summed E-state index contributed by atoms with van der Waals surface area (Å²) in [6.07, 6.45) is 4.22. The topological polar surface area (TPSA) is 67.4 Å². The summed E-state index contributed by atoms with van der Waals surface area (Å²) in [5.41, 5.74) is 1.73. The van der Waals surface area contributed by atoms with Crippen LogP contribution in [0.25, 0.3) is 0 Å². The van der Waals surface area contributed by atoms with Crippen LogP contribution in [0.1, 0.15) is 38.2 Å². The van der Waals surface area contributed by atoms with Crippen LogP contribution < -0.4 is 10.6 Å². The molecule has 1 aromatic carbocycles. The first-order valence-electron chi connectivity index (χ1n) is 7.76. The predicted octanol–water partition coefficient (Wildman–Crippen LogP) is 2.47. The fourth-order valence-corrected chi connectivity index (χ4v) is 3.03. The highest BCUT2D eigenvalue weighted by Gasteiger charge is 2.31. The molecule has 1 aliphatic carbocycles. The summed E-state index contributed by atoms with van der Waals surface area (Å²) in [4.78, 5) is 23.9. The number of anilines is 1. The number of carbonyl (C=O) groups is 2. The number of hydrogen-bond acceptors (Lipinski definition) is 3. The Hall–Kier alpha value is -1.88. The van der Waals surface area contributed by atoms with Crippen LogP contribution in [0.4, 0.5) is 5.69 Å². The number of carbonyl (C=O) groups excluding carboxylic acids is 2. The smallest absolute Gasteiger partial charge is 0.247 e. The van der Waals surface area contributed by atoms with Gasteiger partial charge in [0.05, 0.1) is 6.61 Å². The van der Waals surface area contributed by atoms with E-state index in [1.165, 1.54) is 6.92 Å². The van der Waals surface area contributed by atoms with Gasteiger partial charge in [-0.2, -0.15) is 0 Å². The van der Waals surface area contributed by atoms with Gasteiger partial charge in [-0.25, -0.2) is 0 Å². The van der Waals surface area contributed by atoms with Crippen LogP contribution in [0.3, 0.4) is 0 Å². The predicted molar refractivity (Wildman–Crippen MR) is 85.3 cm³/mol. The van der Waals surface area contributed by atoms with E-state index in [0.717, 1.165) is 36.9 Å². The number of rotatable bonds is 6. The molecule has 0 saturated heterocycles. The average Bonchev–Trinajstić information content (AvgIpc) is 2.99.